The lowest BCUT2D eigenvalue weighted by Gasteiger charge is -2.24. The summed E-state index contributed by atoms with van der Waals surface area (Å²) in [5.74, 6) is 1.33. The number of nitrogens with zero attached hydrogens (tertiary/aromatic N) is 1. The Labute approximate surface area is 147 Å². The largest absolute Gasteiger partial charge is 0.357 e. The van der Waals surface area contributed by atoms with Crippen molar-refractivity contribution in [1.29, 1.82) is 0 Å². The summed E-state index contributed by atoms with van der Waals surface area (Å²) in [4.78, 5) is 16.5. The molecular formula is C15H33IN4O. The number of halogens is 1. The lowest BCUT2D eigenvalue weighted by Crippen LogP contribution is -2.45. The van der Waals surface area contributed by atoms with Crippen LogP contribution in [0.1, 0.15) is 48.5 Å². The van der Waals surface area contributed by atoms with Gasteiger partial charge in [0, 0.05) is 19.1 Å². The van der Waals surface area contributed by atoms with Gasteiger partial charge in [-0.1, -0.05) is 13.8 Å². The Balaban J connectivity index is 0. The van der Waals surface area contributed by atoms with Crippen molar-refractivity contribution in [3.63, 3.8) is 0 Å². The van der Waals surface area contributed by atoms with Crippen LogP contribution < -0.4 is 16.0 Å². The number of hydrogen-bond donors (Lipinski definition) is 3. The van der Waals surface area contributed by atoms with Crippen LogP contribution in [0.15, 0.2) is 4.99 Å². The van der Waals surface area contributed by atoms with Crippen LogP contribution in [0, 0.1) is 11.3 Å². The number of aliphatic imine (C=N–C) groups is 1. The molecule has 0 spiro atoms. The fraction of sp³-hybridized carbons (Fsp3) is 0.867. The molecule has 0 aliphatic rings. The van der Waals surface area contributed by atoms with Crippen LogP contribution in [0.5, 0.6) is 0 Å². The topological polar surface area (TPSA) is 65.5 Å². The number of nitrogens with one attached hydrogen (secondary N) is 3. The fourth-order valence-electron chi connectivity index (χ4n) is 1.45. The molecule has 21 heavy (non-hydrogen) atoms. The van der Waals surface area contributed by atoms with Gasteiger partial charge in [0.15, 0.2) is 5.96 Å². The zero-order valence-electron chi connectivity index (χ0n) is 14.5. The minimum atomic E-state index is -0.501. The number of carbonyl (C=O) groups is 1. The molecular weight excluding hydrogens is 379 g/mol. The van der Waals surface area contributed by atoms with Gasteiger partial charge >= 0.3 is 0 Å². The van der Waals surface area contributed by atoms with Crippen LogP contribution in [-0.4, -0.2) is 37.5 Å². The third-order valence-corrected chi connectivity index (χ3v) is 3.29. The van der Waals surface area contributed by atoms with E-state index in [1.807, 2.05) is 27.7 Å². The van der Waals surface area contributed by atoms with E-state index in [2.05, 4.69) is 41.7 Å². The molecule has 1 atom stereocenters. The highest BCUT2D eigenvalue weighted by Crippen LogP contribution is 2.15. The molecule has 0 radical (unpaired) electrons. The Morgan fingerprint density at radius 1 is 1.10 bits per heavy atom. The second kappa shape index (κ2) is 11.1. The van der Waals surface area contributed by atoms with Crippen molar-refractivity contribution < 1.29 is 4.79 Å². The number of hydrogen-bond acceptors (Lipinski definition) is 2. The van der Waals surface area contributed by atoms with Gasteiger partial charge in [-0.05, 0) is 40.5 Å². The molecule has 0 saturated heterocycles. The molecule has 1 unspecified atom stereocenters. The van der Waals surface area contributed by atoms with Crippen molar-refractivity contribution in [2.45, 2.75) is 54.5 Å². The molecule has 0 aromatic carbocycles. The molecule has 0 heterocycles. The van der Waals surface area contributed by atoms with Gasteiger partial charge in [-0.15, -0.1) is 24.0 Å². The van der Waals surface area contributed by atoms with Gasteiger partial charge in [-0.3, -0.25) is 9.79 Å². The van der Waals surface area contributed by atoms with Crippen LogP contribution in [-0.2, 0) is 4.79 Å². The minimum Gasteiger partial charge on any atom is -0.357 e. The van der Waals surface area contributed by atoms with E-state index in [-0.39, 0.29) is 29.9 Å². The Bertz CT molecular complexity index is 330. The van der Waals surface area contributed by atoms with Crippen molar-refractivity contribution >= 4 is 35.8 Å². The number of rotatable bonds is 7. The van der Waals surface area contributed by atoms with Gasteiger partial charge in [0.25, 0.3) is 0 Å². The van der Waals surface area contributed by atoms with Crippen molar-refractivity contribution in [2.24, 2.45) is 16.3 Å². The van der Waals surface area contributed by atoms with E-state index in [9.17, 15) is 4.79 Å². The van der Waals surface area contributed by atoms with Gasteiger partial charge in [0.05, 0.1) is 12.0 Å². The summed E-state index contributed by atoms with van der Waals surface area (Å²) in [5.41, 5.74) is -0.501. The number of guanidine groups is 1. The minimum absolute atomic E-state index is 0. The lowest BCUT2D eigenvalue weighted by molar-refractivity contribution is -0.128. The third-order valence-electron chi connectivity index (χ3n) is 3.29. The average molecular weight is 412 g/mol. The van der Waals surface area contributed by atoms with Crippen LogP contribution in [0.4, 0.5) is 0 Å². The first-order chi connectivity index (χ1) is 9.24. The Hall–Kier alpha value is -0.530. The molecule has 6 heteroatoms. The molecule has 0 aliphatic carbocycles. The summed E-state index contributed by atoms with van der Waals surface area (Å²) < 4.78 is 0. The second-order valence-corrected chi connectivity index (χ2v) is 6.12. The van der Waals surface area contributed by atoms with Crippen LogP contribution in [0.3, 0.4) is 0 Å². The Kier molecular flexibility index (Phi) is 12.0. The SMILES string of the molecule is CCNC(=O)C(C)(C)CN=C(NCC)NC(C)C(C)C.I. The first kappa shape index (κ1) is 22.7. The van der Waals surface area contributed by atoms with E-state index in [0.717, 1.165) is 12.5 Å². The van der Waals surface area contributed by atoms with E-state index < -0.39 is 5.41 Å². The van der Waals surface area contributed by atoms with E-state index in [1.54, 1.807) is 0 Å². The normalized spacial score (nSPS) is 13.4. The van der Waals surface area contributed by atoms with Crippen molar-refractivity contribution in [2.75, 3.05) is 19.6 Å². The van der Waals surface area contributed by atoms with Gasteiger partial charge in [-0.2, -0.15) is 0 Å². The average Bonchev–Trinajstić information content (AvgIpc) is 2.36. The van der Waals surface area contributed by atoms with Crippen molar-refractivity contribution in [3.8, 4) is 0 Å². The molecule has 0 fully saturated rings. The zero-order valence-corrected chi connectivity index (χ0v) is 16.9. The summed E-state index contributed by atoms with van der Waals surface area (Å²) >= 11 is 0. The maximum Gasteiger partial charge on any atom is 0.227 e. The highest BCUT2D eigenvalue weighted by atomic mass is 127. The number of amides is 1. The Morgan fingerprint density at radius 3 is 2.05 bits per heavy atom. The molecule has 126 valence electrons. The molecule has 0 aromatic heterocycles. The molecule has 0 bridgehead atoms. The first-order valence-electron chi connectivity index (χ1n) is 7.57. The molecule has 1 amide bonds. The van der Waals surface area contributed by atoms with Gasteiger partial charge in [-0.25, -0.2) is 0 Å². The lowest BCUT2D eigenvalue weighted by atomic mass is 9.92. The summed E-state index contributed by atoms with van der Waals surface area (Å²) in [7, 11) is 0. The first-order valence-corrected chi connectivity index (χ1v) is 7.57. The van der Waals surface area contributed by atoms with Crippen LogP contribution in [0.25, 0.3) is 0 Å². The maximum atomic E-state index is 11.9. The smallest absolute Gasteiger partial charge is 0.227 e. The van der Waals surface area contributed by atoms with Crippen molar-refractivity contribution in [3.05, 3.63) is 0 Å². The summed E-state index contributed by atoms with van der Waals surface area (Å²) in [5, 5.41) is 9.44. The van der Waals surface area contributed by atoms with Crippen molar-refractivity contribution in [1.82, 2.24) is 16.0 Å². The molecule has 0 rings (SSSR count). The monoisotopic (exact) mass is 412 g/mol. The van der Waals surface area contributed by atoms with E-state index in [4.69, 9.17) is 0 Å². The highest BCUT2D eigenvalue weighted by Gasteiger charge is 2.27. The highest BCUT2D eigenvalue weighted by molar-refractivity contribution is 14.0. The maximum absolute atomic E-state index is 11.9. The van der Waals surface area contributed by atoms with Gasteiger partial charge < -0.3 is 16.0 Å². The molecule has 3 N–H and O–H groups in total. The van der Waals surface area contributed by atoms with Gasteiger partial charge in [0.1, 0.15) is 0 Å². The quantitative estimate of drug-likeness (QED) is 0.342. The molecule has 0 saturated carbocycles. The third kappa shape index (κ3) is 9.16. The number of carbonyl (C=O) groups excluding carboxylic acids is 1. The molecule has 0 aliphatic heterocycles. The predicted octanol–water partition coefficient (Wildman–Crippen LogP) is 2.37. The zero-order chi connectivity index (χ0) is 15.8. The predicted molar refractivity (Wildman–Crippen MR) is 101 cm³/mol. The van der Waals surface area contributed by atoms with E-state index in [0.29, 0.717) is 25.0 Å². The molecule has 5 nitrogen and oxygen atoms in total. The van der Waals surface area contributed by atoms with Gasteiger partial charge in [0.2, 0.25) is 5.91 Å². The molecule has 0 aromatic rings. The standard InChI is InChI=1S/C15H32N4O.HI/c1-8-16-13(20)15(6,7)10-18-14(17-9-2)19-12(5)11(3)4;/h11-12H,8-10H2,1-7H3,(H,16,20)(H2,17,18,19);1H. The van der Waals surface area contributed by atoms with Crippen LogP contribution in [0.2, 0.25) is 0 Å². The summed E-state index contributed by atoms with van der Waals surface area (Å²) in [6.45, 7) is 16.2. The Morgan fingerprint density at radius 2 is 1.62 bits per heavy atom. The van der Waals surface area contributed by atoms with E-state index in [1.165, 1.54) is 0 Å². The van der Waals surface area contributed by atoms with Crippen LogP contribution >= 0.6 is 24.0 Å². The summed E-state index contributed by atoms with van der Waals surface area (Å²) in [6.07, 6.45) is 0. The van der Waals surface area contributed by atoms with E-state index >= 15 is 0 Å². The fourth-order valence-corrected chi connectivity index (χ4v) is 1.45. The second-order valence-electron chi connectivity index (χ2n) is 6.12. The summed E-state index contributed by atoms with van der Waals surface area (Å²) in [6, 6.07) is 0.334.